The summed E-state index contributed by atoms with van der Waals surface area (Å²) in [6.45, 7) is 4.06. The van der Waals surface area contributed by atoms with Crippen molar-refractivity contribution in [3.05, 3.63) is 113 Å². The Morgan fingerprint density at radius 1 is 0.704 bits per heavy atom. The van der Waals surface area contributed by atoms with E-state index in [-0.39, 0.29) is 0 Å². The van der Waals surface area contributed by atoms with Crippen molar-refractivity contribution in [2.24, 2.45) is 0 Å². The molecule has 0 atom stereocenters. The van der Waals surface area contributed by atoms with E-state index in [9.17, 15) is 0 Å². The first-order valence-electron chi connectivity index (χ1n) is 9.28. The predicted molar refractivity (Wildman–Crippen MR) is 109 cm³/mol. The molecule has 0 fully saturated rings. The Hall–Kier alpha value is -3.20. The van der Waals surface area contributed by atoms with Crippen molar-refractivity contribution in [1.29, 1.82) is 0 Å². The molecule has 3 heteroatoms. The van der Waals surface area contributed by atoms with Crippen LogP contribution in [-0.2, 0) is 12.8 Å². The van der Waals surface area contributed by atoms with Gasteiger partial charge in [-0.25, -0.2) is 9.67 Å². The van der Waals surface area contributed by atoms with Crippen LogP contribution in [0.2, 0.25) is 0 Å². The van der Waals surface area contributed by atoms with Crippen LogP contribution in [-0.4, -0.2) is 14.8 Å². The maximum absolute atomic E-state index is 4.54. The summed E-state index contributed by atoms with van der Waals surface area (Å²) in [5.74, 6) is 0.874. The van der Waals surface area contributed by atoms with Crippen LogP contribution in [0.15, 0.2) is 79.0 Å². The number of rotatable bonds is 5. The third-order valence-corrected chi connectivity index (χ3v) is 4.69. The molecule has 0 saturated heterocycles. The van der Waals surface area contributed by atoms with Gasteiger partial charge < -0.3 is 0 Å². The van der Waals surface area contributed by atoms with Gasteiger partial charge in [-0.15, -0.1) is 0 Å². The zero-order valence-electron chi connectivity index (χ0n) is 15.8. The molecule has 0 amide bonds. The first-order chi connectivity index (χ1) is 13.2. The van der Waals surface area contributed by atoms with Crippen LogP contribution in [0.1, 0.15) is 33.6 Å². The van der Waals surface area contributed by atoms with Gasteiger partial charge in [-0.2, -0.15) is 5.10 Å². The van der Waals surface area contributed by atoms with Gasteiger partial charge in [0.05, 0.1) is 5.69 Å². The molecule has 4 aromatic rings. The summed E-state index contributed by atoms with van der Waals surface area (Å²) in [4.78, 5) is 4.50. The van der Waals surface area contributed by atoms with Crippen LogP contribution >= 0.6 is 0 Å². The Morgan fingerprint density at radius 3 is 2.07 bits per heavy atom. The summed E-state index contributed by atoms with van der Waals surface area (Å²) in [7, 11) is 0. The fourth-order valence-electron chi connectivity index (χ4n) is 3.46. The van der Waals surface area contributed by atoms with E-state index >= 15 is 0 Å². The molecule has 0 saturated carbocycles. The number of aryl methyl sites for hydroxylation is 2. The van der Waals surface area contributed by atoms with Gasteiger partial charge in [0.15, 0.2) is 5.82 Å². The molecule has 134 valence electrons. The molecule has 0 spiro atoms. The zero-order chi connectivity index (χ0) is 18.6. The molecule has 0 aliphatic rings. The van der Waals surface area contributed by atoms with Crippen LogP contribution in [0, 0.1) is 13.8 Å². The molecular weight excluding hydrogens is 330 g/mol. The Balaban J connectivity index is 1.55. The quantitative estimate of drug-likeness (QED) is 0.502. The van der Waals surface area contributed by atoms with Gasteiger partial charge in [-0.05, 0) is 67.1 Å². The number of aromatic nitrogens is 3. The van der Waals surface area contributed by atoms with E-state index in [0.29, 0.717) is 0 Å². The van der Waals surface area contributed by atoms with Gasteiger partial charge >= 0.3 is 0 Å². The summed E-state index contributed by atoms with van der Waals surface area (Å²) in [6.07, 6.45) is 3.72. The molecular formula is C24H23N3. The van der Waals surface area contributed by atoms with E-state index in [0.717, 1.165) is 30.0 Å². The van der Waals surface area contributed by atoms with Gasteiger partial charge in [0.1, 0.15) is 0 Å². The first kappa shape index (κ1) is 17.2. The lowest BCUT2D eigenvalue weighted by molar-refractivity contribution is 0.803. The number of hydrogen-bond acceptors (Lipinski definition) is 2. The fraction of sp³-hybridized carbons (Fsp3) is 0.167. The highest BCUT2D eigenvalue weighted by Crippen LogP contribution is 2.17. The zero-order valence-corrected chi connectivity index (χ0v) is 15.8. The number of hydrogen-bond donors (Lipinski definition) is 0. The average Bonchev–Trinajstić information content (AvgIpc) is 3.01. The van der Waals surface area contributed by atoms with Crippen molar-refractivity contribution in [1.82, 2.24) is 14.8 Å². The molecule has 0 unspecified atom stereocenters. The van der Waals surface area contributed by atoms with Gasteiger partial charge in [-0.3, -0.25) is 0 Å². The van der Waals surface area contributed by atoms with Crippen molar-refractivity contribution in [3.8, 4) is 5.82 Å². The van der Waals surface area contributed by atoms with Gasteiger partial charge in [0, 0.05) is 11.9 Å². The third kappa shape index (κ3) is 4.14. The Bertz CT molecular complexity index is 1050. The average molecular weight is 353 g/mol. The normalized spacial score (nSPS) is 10.9. The molecule has 0 radical (unpaired) electrons. The highest BCUT2D eigenvalue weighted by molar-refractivity contribution is 5.35. The second-order valence-electron chi connectivity index (χ2n) is 7.02. The Morgan fingerprint density at radius 2 is 1.37 bits per heavy atom. The molecule has 3 nitrogen and oxygen atoms in total. The predicted octanol–water partition coefficient (Wildman–Crippen LogP) is 5.07. The Kier molecular flexibility index (Phi) is 4.84. The smallest absolute Gasteiger partial charge is 0.153 e. The van der Waals surface area contributed by atoms with Crippen LogP contribution in [0.3, 0.4) is 0 Å². The molecule has 2 aromatic heterocycles. The molecule has 4 rings (SSSR count). The lowest BCUT2D eigenvalue weighted by atomic mass is 9.99. The van der Waals surface area contributed by atoms with E-state index in [4.69, 9.17) is 0 Å². The number of pyridine rings is 1. The van der Waals surface area contributed by atoms with E-state index in [1.165, 1.54) is 22.3 Å². The molecule has 0 aliphatic carbocycles. The van der Waals surface area contributed by atoms with Gasteiger partial charge in [0.2, 0.25) is 0 Å². The maximum atomic E-state index is 4.54. The molecule has 0 aliphatic heterocycles. The summed E-state index contributed by atoms with van der Waals surface area (Å²) in [5, 5.41) is 4.54. The number of benzene rings is 2. The van der Waals surface area contributed by atoms with Crippen molar-refractivity contribution in [2.75, 3.05) is 0 Å². The minimum Gasteiger partial charge on any atom is -0.237 e. The van der Waals surface area contributed by atoms with Crippen molar-refractivity contribution >= 4 is 0 Å². The first-order valence-corrected chi connectivity index (χ1v) is 9.28. The Labute approximate surface area is 160 Å². The van der Waals surface area contributed by atoms with Crippen LogP contribution in [0.4, 0.5) is 0 Å². The molecule has 0 N–H and O–H groups in total. The third-order valence-electron chi connectivity index (χ3n) is 4.69. The van der Waals surface area contributed by atoms with Gasteiger partial charge in [0.25, 0.3) is 0 Å². The summed E-state index contributed by atoms with van der Waals surface area (Å²) in [6, 6.07) is 25.7. The van der Waals surface area contributed by atoms with E-state index in [2.05, 4.69) is 89.8 Å². The molecule has 0 bridgehead atoms. The second-order valence-corrected chi connectivity index (χ2v) is 7.02. The summed E-state index contributed by atoms with van der Waals surface area (Å²) in [5.41, 5.74) is 7.34. The standard InChI is InChI=1S/C24H23N3/c1-18-13-19(2)27(26-18)24-17-23(11-12-25-24)16-22-10-6-9-21(15-22)14-20-7-4-3-5-8-20/h3-13,15,17H,14,16H2,1-2H3. The summed E-state index contributed by atoms with van der Waals surface area (Å²) < 4.78 is 1.91. The van der Waals surface area contributed by atoms with Crippen LogP contribution < -0.4 is 0 Å². The highest BCUT2D eigenvalue weighted by Gasteiger charge is 2.07. The van der Waals surface area contributed by atoms with Crippen molar-refractivity contribution in [3.63, 3.8) is 0 Å². The van der Waals surface area contributed by atoms with Crippen molar-refractivity contribution in [2.45, 2.75) is 26.7 Å². The lowest BCUT2D eigenvalue weighted by Crippen LogP contribution is -2.03. The number of nitrogens with zero attached hydrogens (tertiary/aromatic N) is 3. The van der Waals surface area contributed by atoms with Crippen molar-refractivity contribution < 1.29 is 0 Å². The van der Waals surface area contributed by atoms with E-state index < -0.39 is 0 Å². The summed E-state index contributed by atoms with van der Waals surface area (Å²) >= 11 is 0. The lowest BCUT2D eigenvalue weighted by Gasteiger charge is -2.08. The van der Waals surface area contributed by atoms with Gasteiger partial charge in [-0.1, -0.05) is 54.6 Å². The molecule has 2 aromatic carbocycles. The van der Waals surface area contributed by atoms with E-state index in [1.54, 1.807) is 0 Å². The second kappa shape index (κ2) is 7.58. The minimum absolute atomic E-state index is 0.874. The fourth-order valence-corrected chi connectivity index (χ4v) is 3.46. The molecule has 2 heterocycles. The topological polar surface area (TPSA) is 30.7 Å². The van der Waals surface area contributed by atoms with E-state index in [1.807, 2.05) is 17.8 Å². The molecule has 27 heavy (non-hydrogen) atoms. The van der Waals surface area contributed by atoms with Crippen LogP contribution in [0.25, 0.3) is 5.82 Å². The largest absolute Gasteiger partial charge is 0.237 e. The monoisotopic (exact) mass is 353 g/mol. The highest BCUT2D eigenvalue weighted by atomic mass is 15.3. The maximum Gasteiger partial charge on any atom is 0.153 e. The SMILES string of the molecule is Cc1cc(C)n(-c2cc(Cc3cccc(Cc4ccccc4)c3)ccn2)n1. The minimum atomic E-state index is 0.874. The van der Waals surface area contributed by atoms with Crippen LogP contribution in [0.5, 0.6) is 0 Å².